The average molecular weight is 455 g/mol. The van der Waals surface area contributed by atoms with E-state index in [1.165, 1.54) is 9.87 Å². The molecular formula is C26H34N2O3S. The summed E-state index contributed by atoms with van der Waals surface area (Å²) in [4.78, 5) is 13.4. The van der Waals surface area contributed by atoms with Gasteiger partial charge in [0.15, 0.2) is 0 Å². The summed E-state index contributed by atoms with van der Waals surface area (Å²) in [5.41, 5.74) is 3.50. The van der Waals surface area contributed by atoms with Crippen molar-refractivity contribution in [2.24, 2.45) is 11.8 Å². The molecule has 0 bridgehead atoms. The number of nitrogens with one attached hydrogen (secondary N) is 1. The minimum absolute atomic E-state index is 0.0563. The highest BCUT2D eigenvalue weighted by Gasteiger charge is 2.37. The van der Waals surface area contributed by atoms with Crippen LogP contribution in [0.5, 0.6) is 0 Å². The largest absolute Gasteiger partial charge is 0.349 e. The van der Waals surface area contributed by atoms with Crippen LogP contribution in [0.2, 0.25) is 0 Å². The Morgan fingerprint density at radius 2 is 1.47 bits per heavy atom. The fraction of sp³-hybridized carbons (Fsp3) is 0.500. The van der Waals surface area contributed by atoms with Gasteiger partial charge in [-0.2, -0.15) is 4.31 Å². The maximum Gasteiger partial charge on any atom is 0.243 e. The van der Waals surface area contributed by atoms with Crippen molar-refractivity contribution in [2.75, 3.05) is 13.1 Å². The maximum absolute atomic E-state index is 13.1. The summed E-state index contributed by atoms with van der Waals surface area (Å²) in [6.45, 7) is 7.00. The van der Waals surface area contributed by atoms with E-state index in [4.69, 9.17) is 0 Å². The molecule has 1 aliphatic heterocycles. The minimum Gasteiger partial charge on any atom is -0.349 e. The minimum atomic E-state index is -3.53. The molecular weight excluding hydrogens is 420 g/mol. The van der Waals surface area contributed by atoms with Crippen LogP contribution in [0.4, 0.5) is 0 Å². The number of benzene rings is 2. The maximum atomic E-state index is 13.1. The number of hydrogen-bond acceptors (Lipinski definition) is 3. The molecule has 2 aromatic carbocycles. The number of amides is 1. The molecule has 2 aliphatic rings. The first kappa shape index (κ1) is 23.0. The zero-order valence-corrected chi connectivity index (χ0v) is 20.1. The molecule has 1 unspecified atom stereocenters. The molecule has 0 radical (unpaired) electrons. The number of carbonyl (C=O) groups is 1. The van der Waals surface area contributed by atoms with Crippen LogP contribution in [-0.4, -0.2) is 31.7 Å². The number of hydrogen-bond donors (Lipinski definition) is 1. The Morgan fingerprint density at radius 1 is 0.906 bits per heavy atom. The first-order valence-corrected chi connectivity index (χ1v) is 13.2. The zero-order valence-electron chi connectivity index (χ0n) is 19.3. The van der Waals surface area contributed by atoms with Gasteiger partial charge in [0.1, 0.15) is 0 Å². The molecule has 0 aromatic heterocycles. The lowest BCUT2D eigenvalue weighted by atomic mass is 9.95. The second-order valence-electron chi connectivity index (χ2n) is 9.64. The van der Waals surface area contributed by atoms with E-state index in [1.54, 1.807) is 12.1 Å². The Bertz CT molecular complexity index is 1030. The predicted octanol–water partition coefficient (Wildman–Crippen LogP) is 4.79. The van der Waals surface area contributed by atoms with E-state index in [-0.39, 0.29) is 17.9 Å². The molecule has 6 heteroatoms. The molecule has 1 saturated heterocycles. The van der Waals surface area contributed by atoms with E-state index in [9.17, 15) is 13.2 Å². The summed E-state index contributed by atoms with van der Waals surface area (Å²) in [5.74, 6) is 0.786. The molecule has 2 fully saturated rings. The van der Waals surface area contributed by atoms with Crippen LogP contribution in [0.3, 0.4) is 0 Å². The van der Waals surface area contributed by atoms with Crippen LogP contribution in [0, 0.1) is 18.8 Å². The molecule has 1 aliphatic carbocycles. The van der Waals surface area contributed by atoms with Gasteiger partial charge in [-0.05, 0) is 67.7 Å². The number of piperidine rings is 1. The number of rotatable bonds is 7. The summed E-state index contributed by atoms with van der Waals surface area (Å²) >= 11 is 0. The second-order valence-corrected chi connectivity index (χ2v) is 11.6. The van der Waals surface area contributed by atoms with Gasteiger partial charge in [-0.15, -0.1) is 0 Å². The zero-order chi connectivity index (χ0) is 22.9. The Balaban J connectivity index is 1.37. The van der Waals surface area contributed by atoms with Crippen molar-refractivity contribution in [1.29, 1.82) is 0 Å². The van der Waals surface area contributed by atoms with Crippen molar-refractivity contribution in [2.45, 2.75) is 63.3 Å². The van der Waals surface area contributed by atoms with Crippen molar-refractivity contribution >= 4 is 15.9 Å². The summed E-state index contributed by atoms with van der Waals surface area (Å²) in [6, 6.07) is 15.6. The summed E-state index contributed by atoms with van der Waals surface area (Å²) in [5, 5.41) is 3.28. The first-order valence-electron chi connectivity index (χ1n) is 11.7. The van der Waals surface area contributed by atoms with Crippen molar-refractivity contribution in [3.63, 3.8) is 0 Å². The van der Waals surface area contributed by atoms with Crippen LogP contribution in [0.15, 0.2) is 53.4 Å². The second kappa shape index (κ2) is 9.36. The SMILES string of the molecule is Cc1ccc(C(NC(=O)C2CCN(S(=O)(=O)c3ccc(C(C)C)cc3)CC2)C2CC2)cc1. The van der Waals surface area contributed by atoms with Crippen molar-refractivity contribution in [3.05, 3.63) is 65.2 Å². The molecule has 1 atom stereocenters. The van der Waals surface area contributed by atoms with Gasteiger partial charge in [-0.25, -0.2) is 8.42 Å². The van der Waals surface area contributed by atoms with Crippen LogP contribution in [-0.2, 0) is 14.8 Å². The van der Waals surface area contributed by atoms with E-state index < -0.39 is 10.0 Å². The Hall–Kier alpha value is -2.18. The molecule has 1 heterocycles. The quantitative estimate of drug-likeness (QED) is 0.654. The summed E-state index contributed by atoms with van der Waals surface area (Å²) < 4.78 is 27.6. The lowest BCUT2D eigenvalue weighted by molar-refractivity contribution is -0.127. The number of carbonyl (C=O) groups excluding carboxylic acids is 1. The van der Waals surface area contributed by atoms with E-state index in [0.717, 1.165) is 24.0 Å². The fourth-order valence-electron chi connectivity index (χ4n) is 4.48. The van der Waals surface area contributed by atoms with Gasteiger partial charge >= 0.3 is 0 Å². The highest BCUT2D eigenvalue weighted by Crippen LogP contribution is 2.41. The van der Waals surface area contributed by atoms with Crippen LogP contribution in [0.1, 0.15) is 68.2 Å². The monoisotopic (exact) mass is 454 g/mol. The lowest BCUT2D eigenvalue weighted by Crippen LogP contribution is -2.44. The van der Waals surface area contributed by atoms with Gasteiger partial charge in [0.05, 0.1) is 10.9 Å². The molecule has 1 saturated carbocycles. The highest BCUT2D eigenvalue weighted by atomic mass is 32.2. The smallest absolute Gasteiger partial charge is 0.243 e. The van der Waals surface area contributed by atoms with Gasteiger partial charge in [0, 0.05) is 19.0 Å². The molecule has 0 spiro atoms. The lowest BCUT2D eigenvalue weighted by Gasteiger charge is -2.31. The molecule has 1 amide bonds. The summed E-state index contributed by atoms with van der Waals surface area (Å²) in [7, 11) is -3.53. The third kappa shape index (κ3) is 5.07. The molecule has 4 rings (SSSR count). The fourth-order valence-corrected chi connectivity index (χ4v) is 5.95. The standard InChI is InChI=1S/C26H34N2O3S/c1-18(2)20-10-12-24(13-11-20)32(30,31)28-16-14-23(15-17-28)26(29)27-25(22-8-9-22)21-6-4-19(3)5-7-21/h4-7,10-13,18,22-23,25H,8-9,14-17H2,1-3H3,(H,27,29). The number of aryl methyl sites for hydroxylation is 1. The van der Waals surface area contributed by atoms with Crippen LogP contribution >= 0.6 is 0 Å². The normalized spacial score (nSPS) is 19.1. The van der Waals surface area contributed by atoms with Gasteiger partial charge in [0.25, 0.3) is 0 Å². The van der Waals surface area contributed by atoms with Gasteiger partial charge < -0.3 is 5.32 Å². The van der Waals surface area contributed by atoms with Crippen molar-refractivity contribution in [1.82, 2.24) is 9.62 Å². The van der Waals surface area contributed by atoms with Crippen LogP contribution < -0.4 is 5.32 Å². The van der Waals surface area contributed by atoms with Crippen molar-refractivity contribution in [3.8, 4) is 0 Å². The topological polar surface area (TPSA) is 66.5 Å². The molecule has 2 aromatic rings. The third-order valence-corrected chi connectivity index (χ3v) is 8.75. The van der Waals surface area contributed by atoms with Gasteiger partial charge in [0.2, 0.25) is 15.9 Å². The Labute approximate surface area is 192 Å². The average Bonchev–Trinajstić information content (AvgIpc) is 3.63. The van der Waals surface area contributed by atoms with E-state index in [1.807, 2.05) is 12.1 Å². The number of sulfonamides is 1. The highest BCUT2D eigenvalue weighted by molar-refractivity contribution is 7.89. The van der Waals surface area contributed by atoms with E-state index in [2.05, 4.69) is 50.4 Å². The van der Waals surface area contributed by atoms with Gasteiger partial charge in [-0.3, -0.25) is 4.79 Å². The number of nitrogens with zero attached hydrogens (tertiary/aromatic N) is 1. The van der Waals surface area contributed by atoms with Crippen LogP contribution in [0.25, 0.3) is 0 Å². The third-order valence-electron chi connectivity index (χ3n) is 6.84. The Kier molecular flexibility index (Phi) is 6.72. The molecule has 1 N–H and O–H groups in total. The Morgan fingerprint density at radius 3 is 2.00 bits per heavy atom. The molecule has 172 valence electrons. The molecule has 5 nitrogen and oxygen atoms in total. The van der Waals surface area contributed by atoms with E-state index in [0.29, 0.717) is 42.7 Å². The van der Waals surface area contributed by atoms with Crippen molar-refractivity contribution < 1.29 is 13.2 Å². The first-order chi connectivity index (χ1) is 15.3. The van der Waals surface area contributed by atoms with Gasteiger partial charge in [-0.1, -0.05) is 55.8 Å². The summed E-state index contributed by atoms with van der Waals surface area (Å²) in [6.07, 6.45) is 3.40. The van der Waals surface area contributed by atoms with E-state index >= 15 is 0 Å². The molecule has 32 heavy (non-hydrogen) atoms. The predicted molar refractivity (Wildman–Crippen MR) is 127 cm³/mol.